The van der Waals surface area contributed by atoms with Crippen molar-refractivity contribution in [2.24, 2.45) is 11.8 Å². The number of hydrogen-bond donors (Lipinski definition) is 1. The summed E-state index contributed by atoms with van der Waals surface area (Å²) in [7, 11) is -0.616. The summed E-state index contributed by atoms with van der Waals surface area (Å²) in [5.74, 6) is 1.60. The molecular formula is C14H19BrN2O4S. The standard InChI is InChI=1S/C14H19BrN2O4S/c1-20-12-4-14(13(21-2)3-11(12)15)22(18,19)17-7-9-5-16-6-10(9)8-17/h3-4,9-10,16H,5-8H2,1-2H3/t9-,10+. The van der Waals surface area contributed by atoms with Crippen molar-refractivity contribution in [2.75, 3.05) is 40.4 Å². The van der Waals surface area contributed by atoms with Gasteiger partial charge in [-0.15, -0.1) is 0 Å². The van der Waals surface area contributed by atoms with Crippen LogP contribution in [-0.2, 0) is 10.0 Å². The number of nitrogens with zero attached hydrogens (tertiary/aromatic N) is 1. The number of ether oxygens (including phenoxy) is 2. The minimum atomic E-state index is -3.59. The van der Waals surface area contributed by atoms with Gasteiger partial charge < -0.3 is 14.8 Å². The Hall–Kier alpha value is -0.830. The number of nitrogens with one attached hydrogen (secondary N) is 1. The van der Waals surface area contributed by atoms with Gasteiger partial charge in [-0.1, -0.05) is 0 Å². The van der Waals surface area contributed by atoms with E-state index in [4.69, 9.17) is 9.47 Å². The summed E-state index contributed by atoms with van der Waals surface area (Å²) in [5.41, 5.74) is 0. The molecule has 0 radical (unpaired) electrons. The average Bonchev–Trinajstić information content (AvgIpc) is 3.08. The van der Waals surface area contributed by atoms with Crippen LogP contribution in [0.2, 0.25) is 0 Å². The lowest BCUT2D eigenvalue weighted by Crippen LogP contribution is -2.32. The van der Waals surface area contributed by atoms with E-state index in [1.54, 1.807) is 10.4 Å². The number of sulfonamides is 1. The molecule has 2 atom stereocenters. The van der Waals surface area contributed by atoms with Gasteiger partial charge in [0.15, 0.2) is 0 Å². The second-order valence-electron chi connectivity index (χ2n) is 5.64. The zero-order chi connectivity index (χ0) is 15.9. The van der Waals surface area contributed by atoms with Gasteiger partial charge in [-0.05, 0) is 46.9 Å². The SMILES string of the molecule is COc1cc(S(=O)(=O)N2C[C@H]3CNC[C@H]3C2)c(OC)cc1Br. The van der Waals surface area contributed by atoms with Gasteiger partial charge in [-0.25, -0.2) is 8.42 Å². The molecule has 1 N–H and O–H groups in total. The highest BCUT2D eigenvalue weighted by Gasteiger charge is 2.42. The van der Waals surface area contributed by atoms with Crippen molar-refractivity contribution in [1.82, 2.24) is 9.62 Å². The maximum absolute atomic E-state index is 13.0. The Balaban J connectivity index is 1.98. The predicted octanol–water partition coefficient (Wildman–Crippen LogP) is 1.31. The molecule has 6 nitrogen and oxygen atoms in total. The van der Waals surface area contributed by atoms with Crippen molar-refractivity contribution in [3.05, 3.63) is 16.6 Å². The molecule has 0 aliphatic carbocycles. The molecule has 2 saturated heterocycles. The Morgan fingerprint density at radius 2 is 1.73 bits per heavy atom. The van der Waals surface area contributed by atoms with Gasteiger partial charge in [0.05, 0.1) is 18.7 Å². The van der Waals surface area contributed by atoms with Gasteiger partial charge in [0.25, 0.3) is 0 Å². The number of fused-ring (bicyclic) bond motifs is 1. The lowest BCUT2D eigenvalue weighted by molar-refractivity contribution is 0.385. The van der Waals surface area contributed by atoms with Gasteiger partial charge in [-0.3, -0.25) is 0 Å². The van der Waals surface area contributed by atoms with Gasteiger partial charge in [0.1, 0.15) is 16.4 Å². The van der Waals surface area contributed by atoms with E-state index in [1.165, 1.54) is 20.3 Å². The second-order valence-corrected chi connectivity index (χ2v) is 8.40. The predicted molar refractivity (Wildman–Crippen MR) is 85.9 cm³/mol. The van der Waals surface area contributed by atoms with Crippen LogP contribution in [0.4, 0.5) is 0 Å². The molecule has 0 spiro atoms. The van der Waals surface area contributed by atoms with Crippen LogP contribution < -0.4 is 14.8 Å². The van der Waals surface area contributed by atoms with E-state index in [2.05, 4.69) is 21.2 Å². The number of hydrogen-bond acceptors (Lipinski definition) is 5. The first kappa shape index (κ1) is 16.0. The maximum atomic E-state index is 13.0. The van der Waals surface area contributed by atoms with Crippen LogP contribution in [0.1, 0.15) is 0 Å². The van der Waals surface area contributed by atoms with E-state index < -0.39 is 10.0 Å². The van der Waals surface area contributed by atoms with Gasteiger partial charge >= 0.3 is 0 Å². The molecule has 8 heteroatoms. The molecule has 22 heavy (non-hydrogen) atoms. The second kappa shape index (κ2) is 5.99. The Bertz CT molecular complexity index is 668. The molecule has 0 unspecified atom stereocenters. The molecular weight excluding hydrogens is 372 g/mol. The van der Waals surface area contributed by atoms with E-state index in [9.17, 15) is 8.42 Å². The summed E-state index contributed by atoms with van der Waals surface area (Å²) >= 11 is 3.35. The molecule has 1 aromatic carbocycles. The topological polar surface area (TPSA) is 67.9 Å². The number of benzene rings is 1. The number of methoxy groups -OCH3 is 2. The third-order valence-electron chi connectivity index (χ3n) is 4.41. The summed E-state index contributed by atoms with van der Waals surface area (Å²) in [6.07, 6.45) is 0. The summed E-state index contributed by atoms with van der Waals surface area (Å²) in [5, 5.41) is 3.31. The number of halogens is 1. The molecule has 2 aliphatic rings. The third kappa shape index (κ3) is 2.62. The van der Waals surface area contributed by atoms with E-state index in [-0.39, 0.29) is 4.90 Å². The van der Waals surface area contributed by atoms with Crippen molar-refractivity contribution in [2.45, 2.75) is 4.90 Å². The zero-order valence-corrected chi connectivity index (χ0v) is 14.9. The van der Waals surface area contributed by atoms with Crippen molar-refractivity contribution < 1.29 is 17.9 Å². The number of rotatable bonds is 4. The van der Waals surface area contributed by atoms with Crippen LogP contribution >= 0.6 is 15.9 Å². The van der Waals surface area contributed by atoms with Gasteiger partial charge in [-0.2, -0.15) is 4.31 Å². The average molecular weight is 391 g/mol. The van der Waals surface area contributed by atoms with Crippen molar-refractivity contribution in [3.8, 4) is 11.5 Å². The van der Waals surface area contributed by atoms with Crippen LogP contribution in [0, 0.1) is 11.8 Å². The van der Waals surface area contributed by atoms with Gasteiger partial charge in [0, 0.05) is 19.2 Å². The summed E-state index contributed by atoms with van der Waals surface area (Å²) < 4.78 is 38.7. The molecule has 122 valence electrons. The van der Waals surface area contributed by atoms with E-state index >= 15 is 0 Å². The van der Waals surface area contributed by atoms with Crippen LogP contribution in [0.25, 0.3) is 0 Å². The van der Waals surface area contributed by atoms with Crippen molar-refractivity contribution in [3.63, 3.8) is 0 Å². The summed E-state index contributed by atoms with van der Waals surface area (Å²) in [6.45, 7) is 2.89. The summed E-state index contributed by atoms with van der Waals surface area (Å²) in [6, 6.07) is 3.15. The van der Waals surface area contributed by atoms with E-state index in [0.29, 0.717) is 40.9 Å². The molecule has 3 rings (SSSR count). The van der Waals surface area contributed by atoms with Crippen LogP contribution in [0.15, 0.2) is 21.5 Å². The highest BCUT2D eigenvalue weighted by Crippen LogP contribution is 2.38. The first-order valence-corrected chi connectivity index (χ1v) is 9.33. The highest BCUT2D eigenvalue weighted by atomic mass is 79.9. The zero-order valence-electron chi connectivity index (χ0n) is 12.5. The fourth-order valence-electron chi connectivity index (χ4n) is 3.18. The first-order chi connectivity index (χ1) is 10.5. The molecule has 1 aromatic rings. The quantitative estimate of drug-likeness (QED) is 0.839. The minimum Gasteiger partial charge on any atom is -0.496 e. The third-order valence-corrected chi connectivity index (χ3v) is 6.88. The Kier molecular flexibility index (Phi) is 4.37. The Morgan fingerprint density at radius 1 is 1.14 bits per heavy atom. The molecule has 0 amide bonds. The van der Waals surface area contributed by atoms with Gasteiger partial charge in [0.2, 0.25) is 10.0 Å². The lowest BCUT2D eigenvalue weighted by Gasteiger charge is -2.20. The maximum Gasteiger partial charge on any atom is 0.246 e. The smallest absolute Gasteiger partial charge is 0.246 e. The molecule has 0 saturated carbocycles. The van der Waals surface area contributed by atoms with Crippen molar-refractivity contribution in [1.29, 1.82) is 0 Å². The van der Waals surface area contributed by atoms with E-state index in [1.807, 2.05) is 0 Å². The highest BCUT2D eigenvalue weighted by molar-refractivity contribution is 9.10. The van der Waals surface area contributed by atoms with Crippen LogP contribution in [-0.4, -0.2) is 53.1 Å². The molecule has 0 aromatic heterocycles. The molecule has 2 aliphatic heterocycles. The lowest BCUT2D eigenvalue weighted by atomic mass is 10.0. The fourth-order valence-corrected chi connectivity index (χ4v) is 5.37. The molecule has 0 bridgehead atoms. The normalized spacial score (nSPS) is 25.2. The fraction of sp³-hybridized carbons (Fsp3) is 0.571. The van der Waals surface area contributed by atoms with E-state index in [0.717, 1.165) is 13.1 Å². The van der Waals surface area contributed by atoms with Crippen LogP contribution in [0.3, 0.4) is 0 Å². The summed E-state index contributed by atoms with van der Waals surface area (Å²) in [4.78, 5) is 0.156. The monoisotopic (exact) mass is 390 g/mol. The Morgan fingerprint density at radius 3 is 2.27 bits per heavy atom. The van der Waals surface area contributed by atoms with Crippen molar-refractivity contribution >= 4 is 26.0 Å². The van der Waals surface area contributed by atoms with Crippen LogP contribution in [0.5, 0.6) is 11.5 Å². The molecule has 2 fully saturated rings. The molecule has 2 heterocycles. The largest absolute Gasteiger partial charge is 0.496 e. The Labute approximate surface area is 139 Å². The first-order valence-electron chi connectivity index (χ1n) is 7.09. The minimum absolute atomic E-state index is 0.156.